The Balaban J connectivity index is 2.55. The van der Waals surface area contributed by atoms with Crippen molar-refractivity contribution in [3.8, 4) is 0 Å². The summed E-state index contributed by atoms with van der Waals surface area (Å²) in [5, 5.41) is 0. The van der Waals surface area contributed by atoms with E-state index in [1.807, 2.05) is 29.5 Å². The number of esters is 2. The van der Waals surface area contributed by atoms with E-state index in [9.17, 15) is 18.2 Å². The van der Waals surface area contributed by atoms with Crippen molar-refractivity contribution in [2.75, 3.05) is 14.2 Å². The SMILES string of the molecule is COC(=O)CCC1=C(C)C(I)=N/C1=C\c1c(CCC(=O)OC)c(C)c(I)n1B(F)F. The van der Waals surface area contributed by atoms with Gasteiger partial charge < -0.3 is 14.0 Å². The Labute approximate surface area is 201 Å². The van der Waals surface area contributed by atoms with Crippen molar-refractivity contribution in [2.24, 2.45) is 4.99 Å². The minimum atomic E-state index is -2.75. The maximum Gasteiger partial charge on any atom is 0.678 e. The number of carbonyl (C=O) groups is 2. The first-order valence-corrected chi connectivity index (χ1v) is 11.2. The molecule has 1 aromatic rings. The fourth-order valence-corrected chi connectivity index (χ4v) is 4.59. The van der Waals surface area contributed by atoms with Crippen LogP contribution in [0.4, 0.5) is 8.63 Å². The van der Waals surface area contributed by atoms with Crippen molar-refractivity contribution in [1.82, 2.24) is 4.48 Å². The molecule has 0 atom stereocenters. The van der Waals surface area contributed by atoms with Gasteiger partial charge in [0.05, 0.1) is 23.6 Å². The molecule has 0 unspecified atom stereocenters. The van der Waals surface area contributed by atoms with Crippen LogP contribution in [-0.4, -0.2) is 41.8 Å². The lowest BCUT2D eigenvalue weighted by Crippen LogP contribution is -2.17. The fourth-order valence-electron chi connectivity index (χ4n) is 3.21. The summed E-state index contributed by atoms with van der Waals surface area (Å²) in [4.78, 5) is 27.7. The van der Waals surface area contributed by atoms with Crippen LogP contribution >= 0.6 is 45.2 Å². The number of aliphatic imine (C=N–C) groups is 1. The number of rotatable bonds is 8. The molecule has 0 saturated carbocycles. The van der Waals surface area contributed by atoms with Gasteiger partial charge in [-0.1, -0.05) is 0 Å². The first kappa shape index (κ1) is 25.0. The van der Waals surface area contributed by atoms with Crippen molar-refractivity contribution >= 4 is 74.3 Å². The molecule has 0 aromatic carbocycles. The van der Waals surface area contributed by atoms with E-state index in [0.29, 0.717) is 32.6 Å². The second-order valence-electron chi connectivity index (χ2n) is 6.62. The number of nitrogens with zero attached hydrogens (tertiary/aromatic N) is 2. The Morgan fingerprint density at radius 3 is 2.20 bits per heavy atom. The van der Waals surface area contributed by atoms with Crippen molar-refractivity contribution in [3.63, 3.8) is 0 Å². The zero-order valence-electron chi connectivity index (χ0n) is 17.0. The van der Waals surface area contributed by atoms with Crippen LogP contribution in [0.2, 0.25) is 0 Å². The first-order valence-electron chi connectivity index (χ1n) is 9.09. The van der Waals surface area contributed by atoms with Crippen LogP contribution in [0.15, 0.2) is 21.8 Å². The number of hydrogen-bond donors (Lipinski definition) is 0. The molecule has 2 heterocycles. The molecule has 1 aromatic heterocycles. The summed E-state index contributed by atoms with van der Waals surface area (Å²) in [5.41, 5.74) is 3.92. The lowest BCUT2D eigenvalue weighted by Gasteiger charge is -2.09. The summed E-state index contributed by atoms with van der Waals surface area (Å²) in [6.45, 7) is 3.65. The standard InChI is InChI=1S/C19H21BF2I2N2O4/c1-10-12(5-7-16(27)29-3)14(25-18(10)23)9-15-13(6-8-17(28)30-4)11(2)19(24)26(15)20(21)22/h9H,5-8H2,1-4H3/b14-9-. The molecule has 1 aliphatic heterocycles. The number of halogens is 4. The van der Waals surface area contributed by atoms with Gasteiger partial charge in [-0.2, -0.15) is 0 Å². The number of methoxy groups -OCH3 is 2. The normalized spacial score (nSPS) is 14.9. The number of hydrogen-bond acceptors (Lipinski definition) is 5. The maximum atomic E-state index is 13.9. The van der Waals surface area contributed by atoms with Gasteiger partial charge >= 0.3 is 19.3 Å². The number of aromatic nitrogens is 1. The molecule has 162 valence electrons. The zero-order chi connectivity index (χ0) is 22.6. The number of carbonyl (C=O) groups excluding carboxylic acids is 2. The Kier molecular flexibility index (Phi) is 9.06. The third kappa shape index (κ3) is 5.51. The van der Waals surface area contributed by atoms with Gasteiger partial charge in [0.2, 0.25) is 0 Å². The van der Waals surface area contributed by atoms with Gasteiger partial charge in [-0.3, -0.25) is 18.2 Å². The van der Waals surface area contributed by atoms with E-state index in [-0.39, 0.29) is 25.2 Å². The van der Waals surface area contributed by atoms with Gasteiger partial charge in [0.25, 0.3) is 0 Å². The second-order valence-corrected chi connectivity index (χ2v) is 8.66. The second kappa shape index (κ2) is 10.9. The quantitative estimate of drug-likeness (QED) is 0.233. The van der Waals surface area contributed by atoms with Crippen LogP contribution in [0.5, 0.6) is 0 Å². The molecule has 11 heteroatoms. The Morgan fingerprint density at radius 2 is 1.67 bits per heavy atom. The van der Waals surface area contributed by atoms with Crippen molar-refractivity contribution in [2.45, 2.75) is 39.5 Å². The summed E-state index contributed by atoms with van der Waals surface area (Å²) in [6, 6.07) is 0. The Bertz CT molecular complexity index is 955. The van der Waals surface area contributed by atoms with Gasteiger partial charge in [-0.05, 0) is 100 Å². The van der Waals surface area contributed by atoms with E-state index in [2.05, 4.69) is 27.6 Å². The molecule has 0 saturated heterocycles. The van der Waals surface area contributed by atoms with Crippen LogP contribution in [0, 0.1) is 10.6 Å². The molecule has 2 rings (SSSR count). The first-order chi connectivity index (χ1) is 14.1. The molecular weight excluding hydrogens is 623 g/mol. The summed E-state index contributed by atoms with van der Waals surface area (Å²) in [7, 11) is -0.131. The van der Waals surface area contributed by atoms with Gasteiger partial charge in [0.15, 0.2) is 0 Å². The predicted molar refractivity (Wildman–Crippen MR) is 129 cm³/mol. The Hall–Kier alpha value is -1.25. The fraction of sp³-hybridized carbons (Fsp3) is 0.421. The molecule has 0 spiro atoms. The highest BCUT2D eigenvalue weighted by molar-refractivity contribution is 14.1. The average Bonchev–Trinajstić information content (AvgIpc) is 3.10. The molecule has 30 heavy (non-hydrogen) atoms. The molecule has 0 radical (unpaired) electrons. The van der Waals surface area contributed by atoms with E-state index in [4.69, 9.17) is 9.47 Å². The van der Waals surface area contributed by atoms with Crippen LogP contribution in [-0.2, 0) is 25.5 Å². The monoisotopic (exact) mass is 644 g/mol. The van der Waals surface area contributed by atoms with E-state index < -0.39 is 13.4 Å². The van der Waals surface area contributed by atoms with Crippen LogP contribution in [0.25, 0.3) is 6.08 Å². The summed E-state index contributed by atoms with van der Waals surface area (Å²) in [6.07, 6.45) is 2.54. The molecule has 0 bridgehead atoms. The van der Waals surface area contributed by atoms with Crippen molar-refractivity contribution < 1.29 is 27.7 Å². The van der Waals surface area contributed by atoms with Crippen molar-refractivity contribution in [1.29, 1.82) is 0 Å². The number of allylic oxidation sites excluding steroid dienone is 2. The van der Waals surface area contributed by atoms with E-state index in [1.165, 1.54) is 14.2 Å². The molecule has 0 fully saturated rings. The lowest BCUT2D eigenvalue weighted by molar-refractivity contribution is -0.141. The summed E-state index contributed by atoms with van der Waals surface area (Å²) < 4.78 is 39.3. The smallest absolute Gasteiger partial charge is 0.469 e. The van der Waals surface area contributed by atoms with Crippen molar-refractivity contribution in [3.05, 3.63) is 37.4 Å². The van der Waals surface area contributed by atoms with E-state index >= 15 is 0 Å². The molecular formula is C19H21BF2I2N2O4. The van der Waals surface area contributed by atoms with E-state index in [1.54, 1.807) is 13.0 Å². The minimum absolute atomic E-state index is 0.0850. The van der Waals surface area contributed by atoms with Crippen LogP contribution in [0.1, 0.15) is 43.0 Å². The molecule has 6 nitrogen and oxygen atoms in total. The summed E-state index contributed by atoms with van der Waals surface area (Å²) in [5.74, 6) is -0.757. The predicted octanol–water partition coefficient (Wildman–Crippen LogP) is 4.74. The largest absolute Gasteiger partial charge is 0.678 e. The highest BCUT2D eigenvalue weighted by Gasteiger charge is 2.29. The van der Waals surface area contributed by atoms with Crippen LogP contribution in [0.3, 0.4) is 0 Å². The van der Waals surface area contributed by atoms with Crippen LogP contribution < -0.4 is 0 Å². The number of ether oxygens (including phenoxy) is 2. The highest BCUT2D eigenvalue weighted by Crippen LogP contribution is 2.35. The molecule has 0 N–H and O–H groups in total. The topological polar surface area (TPSA) is 69.9 Å². The van der Waals surface area contributed by atoms with Gasteiger partial charge in [0.1, 0.15) is 3.72 Å². The van der Waals surface area contributed by atoms with Gasteiger partial charge in [-0.15, -0.1) is 0 Å². The minimum Gasteiger partial charge on any atom is -0.469 e. The lowest BCUT2D eigenvalue weighted by atomic mass is 10.0. The Morgan fingerprint density at radius 1 is 1.10 bits per heavy atom. The zero-order valence-corrected chi connectivity index (χ0v) is 21.3. The van der Waals surface area contributed by atoms with Gasteiger partial charge in [-0.25, -0.2) is 4.99 Å². The molecule has 0 aliphatic carbocycles. The third-order valence-corrected chi connectivity index (χ3v) is 7.29. The maximum absolute atomic E-state index is 13.9. The third-order valence-electron chi connectivity index (χ3n) is 4.91. The van der Waals surface area contributed by atoms with Gasteiger partial charge in [0, 0.05) is 18.5 Å². The molecule has 0 amide bonds. The molecule has 1 aliphatic rings. The summed E-state index contributed by atoms with van der Waals surface area (Å²) >= 11 is 3.98. The average molecular weight is 644 g/mol. The van der Waals surface area contributed by atoms with E-state index in [0.717, 1.165) is 19.3 Å². The highest BCUT2D eigenvalue weighted by atomic mass is 127.